The van der Waals surface area contributed by atoms with Crippen molar-refractivity contribution in [2.24, 2.45) is 0 Å². The molecule has 0 radical (unpaired) electrons. The van der Waals surface area contributed by atoms with E-state index in [0.717, 1.165) is 31.4 Å². The van der Waals surface area contributed by atoms with Gasteiger partial charge >= 0.3 is 0 Å². The van der Waals surface area contributed by atoms with Crippen molar-refractivity contribution >= 4 is 18.3 Å². The van der Waals surface area contributed by atoms with E-state index in [1.807, 2.05) is 0 Å². The molecule has 1 saturated carbocycles. The summed E-state index contributed by atoms with van der Waals surface area (Å²) < 4.78 is 12.9. The summed E-state index contributed by atoms with van der Waals surface area (Å²) in [5.41, 5.74) is 0.539. The lowest BCUT2D eigenvalue weighted by atomic mass is 9.95. The fraction of sp³-hybridized carbons (Fsp3) is 0.533. The molecule has 1 unspecified atom stereocenters. The molecule has 2 aliphatic rings. The quantitative estimate of drug-likeness (QED) is 0.894. The predicted molar refractivity (Wildman–Crippen MR) is 78.6 cm³/mol. The second-order valence-electron chi connectivity index (χ2n) is 5.59. The maximum Gasteiger partial charge on any atom is 0.230 e. The second-order valence-corrected chi connectivity index (χ2v) is 5.59. The predicted octanol–water partition coefficient (Wildman–Crippen LogP) is 2.15. The minimum absolute atomic E-state index is 0. The Morgan fingerprint density at radius 3 is 2.60 bits per heavy atom. The fourth-order valence-corrected chi connectivity index (χ4v) is 2.86. The van der Waals surface area contributed by atoms with Crippen molar-refractivity contribution in [2.75, 3.05) is 13.1 Å². The lowest BCUT2D eigenvalue weighted by Gasteiger charge is -2.18. The van der Waals surface area contributed by atoms with Crippen LogP contribution in [-0.2, 0) is 10.2 Å². The van der Waals surface area contributed by atoms with Crippen LogP contribution in [0.15, 0.2) is 24.3 Å². The molecule has 5 heteroatoms. The van der Waals surface area contributed by atoms with Crippen LogP contribution in [0, 0.1) is 5.82 Å². The molecule has 0 spiro atoms. The van der Waals surface area contributed by atoms with Gasteiger partial charge in [0.2, 0.25) is 5.91 Å². The maximum atomic E-state index is 12.9. The molecule has 1 heterocycles. The number of carbonyl (C=O) groups excluding carboxylic acids is 1. The largest absolute Gasteiger partial charge is 0.354 e. The summed E-state index contributed by atoms with van der Waals surface area (Å²) >= 11 is 0. The van der Waals surface area contributed by atoms with Crippen LogP contribution >= 0.6 is 12.4 Å². The Bertz CT molecular complexity index is 467. The second kappa shape index (κ2) is 6.10. The Hall–Kier alpha value is -1.13. The van der Waals surface area contributed by atoms with Crippen LogP contribution in [0.1, 0.15) is 31.2 Å². The molecule has 20 heavy (non-hydrogen) atoms. The van der Waals surface area contributed by atoms with Gasteiger partial charge in [0.1, 0.15) is 5.82 Å². The molecule has 1 aromatic carbocycles. The average Bonchev–Trinajstić information content (AvgIpc) is 3.07. The molecular weight excluding hydrogens is 279 g/mol. The van der Waals surface area contributed by atoms with Crippen LogP contribution in [0.25, 0.3) is 0 Å². The van der Waals surface area contributed by atoms with Gasteiger partial charge in [-0.3, -0.25) is 4.79 Å². The van der Waals surface area contributed by atoms with Gasteiger partial charge in [0.05, 0.1) is 5.41 Å². The summed E-state index contributed by atoms with van der Waals surface area (Å²) in [7, 11) is 0. The summed E-state index contributed by atoms with van der Waals surface area (Å²) in [6, 6.07) is 6.74. The Morgan fingerprint density at radius 2 is 2.05 bits per heavy atom. The van der Waals surface area contributed by atoms with Gasteiger partial charge < -0.3 is 10.6 Å². The standard InChI is InChI=1S/C15H19FN2O.ClH/c16-12-5-3-11(4-6-12)15(7-8-15)14(19)18-10-13-2-1-9-17-13;/h3-6,13,17H,1-2,7-10H2,(H,18,19);1H. The summed E-state index contributed by atoms with van der Waals surface area (Å²) in [6.45, 7) is 1.74. The highest BCUT2D eigenvalue weighted by Crippen LogP contribution is 2.48. The van der Waals surface area contributed by atoms with Crippen molar-refractivity contribution in [2.45, 2.75) is 37.1 Å². The zero-order valence-electron chi connectivity index (χ0n) is 11.3. The first-order chi connectivity index (χ1) is 9.21. The molecule has 2 fully saturated rings. The lowest BCUT2D eigenvalue weighted by molar-refractivity contribution is -0.123. The highest BCUT2D eigenvalue weighted by molar-refractivity contribution is 5.91. The summed E-state index contributed by atoms with van der Waals surface area (Å²) in [5, 5.41) is 6.41. The van der Waals surface area contributed by atoms with E-state index in [0.29, 0.717) is 12.6 Å². The molecular formula is C15H20ClFN2O. The average molecular weight is 299 g/mol. The SMILES string of the molecule is Cl.O=C(NCC1CCCN1)C1(c2ccc(F)cc2)CC1. The van der Waals surface area contributed by atoms with Gasteiger partial charge in [-0.05, 0) is 49.9 Å². The third kappa shape index (κ3) is 2.96. The summed E-state index contributed by atoms with van der Waals surface area (Å²) in [6.07, 6.45) is 4.04. The molecule has 3 nitrogen and oxygen atoms in total. The van der Waals surface area contributed by atoms with Crippen LogP contribution in [0.2, 0.25) is 0 Å². The molecule has 0 bridgehead atoms. The molecule has 3 rings (SSSR count). The van der Waals surface area contributed by atoms with E-state index >= 15 is 0 Å². The third-order valence-corrected chi connectivity index (χ3v) is 4.25. The van der Waals surface area contributed by atoms with Crippen LogP contribution in [0.4, 0.5) is 4.39 Å². The van der Waals surface area contributed by atoms with Gasteiger partial charge in [-0.15, -0.1) is 12.4 Å². The smallest absolute Gasteiger partial charge is 0.230 e. The van der Waals surface area contributed by atoms with Crippen LogP contribution in [-0.4, -0.2) is 25.0 Å². The van der Waals surface area contributed by atoms with Crippen molar-refractivity contribution in [3.63, 3.8) is 0 Å². The summed E-state index contributed by atoms with van der Waals surface area (Å²) in [5.74, 6) is -0.164. The van der Waals surface area contributed by atoms with E-state index in [2.05, 4.69) is 10.6 Å². The topological polar surface area (TPSA) is 41.1 Å². The minimum atomic E-state index is -0.397. The van der Waals surface area contributed by atoms with Crippen molar-refractivity contribution in [3.8, 4) is 0 Å². The van der Waals surface area contributed by atoms with Crippen molar-refractivity contribution in [1.29, 1.82) is 0 Å². The van der Waals surface area contributed by atoms with Gasteiger partial charge in [0.15, 0.2) is 0 Å². The first kappa shape index (κ1) is 15.3. The zero-order chi connectivity index (χ0) is 13.3. The van der Waals surface area contributed by atoms with Crippen molar-refractivity contribution < 1.29 is 9.18 Å². The van der Waals surface area contributed by atoms with Crippen molar-refractivity contribution in [3.05, 3.63) is 35.6 Å². The third-order valence-electron chi connectivity index (χ3n) is 4.25. The number of hydrogen-bond acceptors (Lipinski definition) is 2. The molecule has 1 aliphatic heterocycles. The highest BCUT2D eigenvalue weighted by atomic mass is 35.5. The maximum absolute atomic E-state index is 12.9. The molecule has 2 N–H and O–H groups in total. The van der Waals surface area contributed by atoms with Gasteiger partial charge in [0.25, 0.3) is 0 Å². The molecule has 1 amide bonds. The fourth-order valence-electron chi connectivity index (χ4n) is 2.86. The number of carbonyl (C=O) groups is 1. The van der Waals surface area contributed by atoms with E-state index < -0.39 is 5.41 Å². The molecule has 1 atom stereocenters. The van der Waals surface area contributed by atoms with E-state index in [4.69, 9.17) is 0 Å². The summed E-state index contributed by atoms with van der Waals surface area (Å²) in [4.78, 5) is 12.3. The number of hydrogen-bond donors (Lipinski definition) is 2. The molecule has 0 aromatic heterocycles. The van der Waals surface area contributed by atoms with Crippen LogP contribution < -0.4 is 10.6 Å². The van der Waals surface area contributed by atoms with Crippen molar-refractivity contribution in [1.82, 2.24) is 10.6 Å². The normalized spacial score (nSPS) is 22.9. The van der Waals surface area contributed by atoms with Gasteiger partial charge in [0, 0.05) is 12.6 Å². The lowest BCUT2D eigenvalue weighted by Crippen LogP contribution is -2.42. The monoisotopic (exact) mass is 298 g/mol. The van der Waals surface area contributed by atoms with Gasteiger partial charge in [-0.1, -0.05) is 12.1 Å². The van der Waals surface area contributed by atoms with E-state index in [-0.39, 0.29) is 24.1 Å². The Morgan fingerprint density at radius 1 is 1.35 bits per heavy atom. The molecule has 1 aliphatic carbocycles. The Balaban J connectivity index is 0.00000147. The zero-order valence-corrected chi connectivity index (χ0v) is 12.1. The molecule has 1 saturated heterocycles. The minimum Gasteiger partial charge on any atom is -0.354 e. The first-order valence-electron chi connectivity index (χ1n) is 6.98. The van der Waals surface area contributed by atoms with Gasteiger partial charge in [-0.25, -0.2) is 4.39 Å². The highest BCUT2D eigenvalue weighted by Gasteiger charge is 2.51. The number of nitrogens with one attached hydrogen (secondary N) is 2. The molecule has 110 valence electrons. The van der Waals surface area contributed by atoms with Gasteiger partial charge in [-0.2, -0.15) is 0 Å². The number of benzene rings is 1. The Kier molecular flexibility index (Phi) is 4.66. The first-order valence-corrected chi connectivity index (χ1v) is 6.98. The van der Waals surface area contributed by atoms with E-state index in [1.165, 1.54) is 18.6 Å². The van der Waals surface area contributed by atoms with E-state index in [1.54, 1.807) is 12.1 Å². The number of amides is 1. The number of halogens is 2. The van der Waals surface area contributed by atoms with E-state index in [9.17, 15) is 9.18 Å². The Labute approximate surface area is 124 Å². The van der Waals surface area contributed by atoms with Crippen LogP contribution in [0.5, 0.6) is 0 Å². The van der Waals surface area contributed by atoms with Crippen LogP contribution in [0.3, 0.4) is 0 Å². The number of rotatable bonds is 4. The molecule has 1 aromatic rings.